The van der Waals surface area contributed by atoms with Crippen molar-refractivity contribution in [3.8, 4) is 0 Å². The molecule has 0 amide bonds. The van der Waals surface area contributed by atoms with Crippen molar-refractivity contribution in [2.24, 2.45) is 0 Å². The monoisotopic (exact) mass is 152 g/mol. The molecule has 0 rings (SSSR count). The fourth-order valence-electron chi connectivity index (χ4n) is 0.332. The van der Waals surface area contributed by atoms with Crippen molar-refractivity contribution in [3.63, 3.8) is 0 Å². The minimum Gasteiger partial charge on any atom is -0.463 e. The molecule has 0 radical (unpaired) electrons. The van der Waals surface area contributed by atoms with Crippen molar-refractivity contribution in [1.82, 2.24) is 0 Å². The summed E-state index contributed by atoms with van der Waals surface area (Å²) in [5, 5.41) is 7.00. The van der Waals surface area contributed by atoms with Crippen LogP contribution in [0.25, 0.3) is 0 Å². The normalized spacial score (nSPS) is 7.00. The van der Waals surface area contributed by atoms with Crippen LogP contribution < -0.4 is 0 Å². The molecule has 0 heterocycles. The average molecular weight is 152 g/mol. The molecule has 3 N–H and O–H groups in total. The molecule has 64 valence electrons. The lowest BCUT2D eigenvalue weighted by molar-refractivity contribution is -0.144. The molecule has 0 bridgehead atoms. The molecule has 0 aromatic carbocycles. The van der Waals surface area contributed by atoms with Crippen LogP contribution in [0.1, 0.15) is 20.8 Å². The predicted molar refractivity (Wildman–Crippen MR) is 38.7 cm³/mol. The number of rotatable bonds is 1. The Hall–Kier alpha value is -0.610. The van der Waals surface area contributed by atoms with Crippen molar-refractivity contribution in [2.45, 2.75) is 26.9 Å². The molecule has 0 aromatic rings. The molecule has 10 heavy (non-hydrogen) atoms. The summed E-state index contributed by atoms with van der Waals surface area (Å²) < 4.78 is 4.61. The molecule has 0 aliphatic heterocycles. The lowest BCUT2D eigenvalue weighted by Gasteiger charge is -2.01. The Balaban J connectivity index is -0.000000149. The van der Waals surface area contributed by atoms with E-state index < -0.39 is 0 Å². The van der Waals surface area contributed by atoms with Crippen LogP contribution in [0.3, 0.4) is 0 Å². The van der Waals surface area contributed by atoms with Crippen molar-refractivity contribution in [1.29, 1.82) is 0 Å². The van der Waals surface area contributed by atoms with Gasteiger partial charge in [0.05, 0.1) is 6.10 Å². The molecular formula is C6H16O4. The molecule has 4 nitrogen and oxygen atoms in total. The standard InChI is InChI=1S/C5H10O2.CH4O.H2O/c1-4(2)7-5(3)6;1-2;/h4H,1-3H3;2H,1H3;1H2. The van der Waals surface area contributed by atoms with E-state index in [-0.39, 0.29) is 17.5 Å². The van der Waals surface area contributed by atoms with E-state index >= 15 is 0 Å². The number of ether oxygens (including phenoxy) is 1. The van der Waals surface area contributed by atoms with Crippen LogP contribution in [0.5, 0.6) is 0 Å². The van der Waals surface area contributed by atoms with Gasteiger partial charge in [0.25, 0.3) is 0 Å². The summed E-state index contributed by atoms with van der Waals surface area (Å²) in [6.45, 7) is 5.04. The van der Waals surface area contributed by atoms with Gasteiger partial charge >= 0.3 is 5.97 Å². The van der Waals surface area contributed by atoms with E-state index in [1.165, 1.54) is 6.92 Å². The van der Waals surface area contributed by atoms with E-state index in [0.717, 1.165) is 7.11 Å². The Bertz CT molecular complexity index is 70.1. The highest BCUT2D eigenvalue weighted by molar-refractivity contribution is 5.66. The third-order valence-electron chi connectivity index (χ3n) is 0.402. The zero-order valence-corrected chi connectivity index (χ0v) is 6.84. The van der Waals surface area contributed by atoms with Gasteiger partial charge in [0.2, 0.25) is 0 Å². The Kier molecular flexibility index (Phi) is 18.2. The highest BCUT2D eigenvalue weighted by Crippen LogP contribution is 1.85. The smallest absolute Gasteiger partial charge is 0.302 e. The molecule has 0 fully saturated rings. The van der Waals surface area contributed by atoms with Crippen molar-refractivity contribution in [2.75, 3.05) is 7.11 Å². The van der Waals surface area contributed by atoms with Crippen LogP contribution in [0.4, 0.5) is 0 Å². The summed E-state index contributed by atoms with van der Waals surface area (Å²) in [7, 11) is 1.00. The summed E-state index contributed by atoms with van der Waals surface area (Å²) in [6, 6.07) is 0. The SMILES string of the molecule is CC(=O)OC(C)C.CO.O. The fourth-order valence-corrected chi connectivity index (χ4v) is 0.332. The largest absolute Gasteiger partial charge is 0.463 e. The number of esters is 1. The number of hydrogen-bond donors (Lipinski definition) is 1. The van der Waals surface area contributed by atoms with Gasteiger partial charge in [-0.05, 0) is 13.8 Å². The number of carbonyl (C=O) groups excluding carboxylic acids is 1. The van der Waals surface area contributed by atoms with E-state index in [0.29, 0.717) is 0 Å². The maximum atomic E-state index is 10.0. The Morgan fingerprint density at radius 1 is 1.40 bits per heavy atom. The zero-order valence-electron chi connectivity index (χ0n) is 6.84. The first-order valence-corrected chi connectivity index (χ1v) is 2.75. The van der Waals surface area contributed by atoms with E-state index in [9.17, 15) is 4.79 Å². The van der Waals surface area contributed by atoms with Gasteiger partial charge in [-0.1, -0.05) is 0 Å². The summed E-state index contributed by atoms with van der Waals surface area (Å²) >= 11 is 0. The fraction of sp³-hybridized carbons (Fsp3) is 0.833. The first kappa shape index (κ1) is 16.2. The molecule has 0 saturated carbocycles. The minimum atomic E-state index is -0.213. The second-order valence-corrected chi connectivity index (χ2v) is 1.66. The van der Waals surface area contributed by atoms with Gasteiger partial charge in [-0.2, -0.15) is 0 Å². The molecule has 0 aliphatic carbocycles. The summed E-state index contributed by atoms with van der Waals surface area (Å²) in [6.07, 6.45) is 0.0255. The quantitative estimate of drug-likeness (QED) is 0.526. The maximum Gasteiger partial charge on any atom is 0.302 e. The average Bonchev–Trinajstić information content (AvgIpc) is 1.68. The Morgan fingerprint density at radius 2 is 1.70 bits per heavy atom. The topological polar surface area (TPSA) is 78.0 Å². The van der Waals surface area contributed by atoms with Crippen LogP contribution in [0.15, 0.2) is 0 Å². The Morgan fingerprint density at radius 3 is 1.70 bits per heavy atom. The maximum absolute atomic E-state index is 10.0. The highest BCUT2D eigenvalue weighted by Gasteiger charge is 1.93. The van der Waals surface area contributed by atoms with Gasteiger partial charge in [0.1, 0.15) is 0 Å². The number of aliphatic hydroxyl groups is 1. The van der Waals surface area contributed by atoms with Crippen LogP contribution >= 0.6 is 0 Å². The molecule has 0 saturated heterocycles. The first-order chi connectivity index (χ1) is 4.13. The van der Waals surface area contributed by atoms with E-state index in [2.05, 4.69) is 4.74 Å². The number of aliphatic hydroxyl groups excluding tert-OH is 1. The first-order valence-electron chi connectivity index (χ1n) is 2.75. The van der Waals surface area contributed by atoms with Gasteiger partial charge in [-0.25, -0.2) is 0 Å². The highest BCUT2D eigenvalue weighted by atomic mass is 16.5. The summed E-state index contributed by atoms with van der Waals surface area (Å²) in [5.41, 5.74) is 0. The van der Waals surface area contributed by atoms with Crippen molar-refractivity contribution >= 4 is 5.97 Å². The second-order valence-electron chi connectivity index (χ2n) is 1.66. The van der Waals surface area contributed by atoms with Gasteiger partial charge in [-0.15, -0.1) is 0 Å². The zero-order chi connectivity index (χ0) is 7.86. The van der Waals surface area contributed by atoms with Crippen LogP contribution in [0, 0.1) is 0 Å². The lowest BCUT2D eigenvalue weighted by atomic mass is 10.5. The summed E-state index contributed by atoms with van der Waals surface area (Å²) in [4.78, 5) is 10.0. The second kappa shape index (κ2) is 11.2. The molecule has 0 spiro atoms. The predicted octanol–water partition coefficient (Wildman–Crippen LogP) is -0.258. The van der Waals surface area contributed by atoms with Gasteiger partial charge in [0.15, 0.2) is 0 Å². The molecule has 0 aliphatic rings. The minimum absolute atomic E-state index is 0. The third kappa shape index (κ3) is 26.3. The van der Waals surface area contributed by atoms with E-state index in [1.54, 1.807) is 0 Å². The van der Waals surface area contributed by atoms with E-state index in [1.807, 2.05) is 13.8 Å². The van der Waals surface area contributed by atoms with Crippen LogP contribution in [0.2, 0.25) is 0 Å². The Labute approximate surface area is 61.1 Å². The molecule has 4 heteroatoms. The molecule has 0 aromatic heterocycles. The van der Waals surface area contributed by atoms with Crippen molar-refractivity contribution in [3.05, 3.63) is 0 Å². The number of hydrogen-bond acceptors (Lipinski definition) is 3. The van der Waals surface area contributed by atoms with Crippen LogP contribution in [-0.2, 0) is 9.53 Å². The molecular weight excluding hydrogens is 136 g/mol. The summed E-state index contributed by atoms with van der Waals surface area (Å²) in [5.74, 6) is -0.213. The third-order valence-corrected chi connectivity index (χ3v) is 0.402. The molecule has 0 atom stereocenters. The van der Waals surface area contributed by atoms with Gasteiger partial charge < -0.3 is 15.3 Å². The van der Waals surface area contributed by atoms with Crippen molar-refractivity contribution < 1.29 is 20.1 Å². The van der Waals surface area contributed by atoms with Gasteiger partial charge in [-0.3, -0.25) is 4.79 Å². The lowest BCUT2D eigenvalue weighted by Crippen LogP contribution is -2.06. The van der Waals surface area contributed by atoms with Gasteiger partial charge in [0, 0.05) is 14.0 Å². The number of carbonyl (C=O) groups is 1. The molecule has 0 unspecified atom stereocenters. The van der Waals surface area contributed by atoms with Crippen LogP contribution in [-0.4, -0.2) is 29.8 Å². The van der Waals surface area contributed by atoms with E-state index in [4.69, 9.17) is 5.11 Å².